The Balaban J connectivity index is 1.81. The van der Waals surface area contributed by atoms with Crippen molar-refractivity contribution < 1.29 is 20.8 Å². The van der Waals surface area contributed by atoms with Crippen molar-refractivity contribution in [3.05, 3.63) is 0 Å². The van der Waals surface area contributed by atoms with Crippen LogP contribution in [0.15, 0.2) is 0 Å². The van der Waals surface area contributed by atoms with E-state index in [9.17, 15) is 14.7 Å². The number of amides is 2. The van der Waals surface area contributed by atoms with E-state index in [1.165, 1.54) is 12.8 Å². The van der Waals surface area contributed by atoms with E-state index in [-0.39, 0.29) is 12.8 Å². The van der Waals surface area contributed by atoms with E-state index in [0.29, 0.717) is 19.0 Å². The van der Waals surface area contributed by atoms with Crippen LogP contribution in [0.4, 0.5) is 4.79 Å². The molecule has 0 aliphatic carbocycles. The summed E-state index contributed by atoms with van der Waals surface area (Å²) in [6.07, 6.45) is 3.64. The molecule has 2 aliphatic heterocycles. The van der Waals surface area contributed by atoms with Gasteiger partial charge in [-0.05, 0) is 78.4 Å². The van der Waals surface area contributed by atoms with Crippen LogP contribution >= 0.6 is 0 Å². The summed E-state index contributed by atoms with van der Waals surface area (Å²) in [5.41, 5.74) is -0.931. The molecule has 2 N–H and O–H groups in total. The molecule has 2 saturated heterocycles. The summed E-state index contributed by atoms with van der Waals surface area (Å²) in [5.74, 6) is 1.14. The molecule has 150 valence electrons. The van der Waals surface area contributed by atoms with Gasteiger partial charge in [0, 0.05) is 14.5 Å². The van der Waals surface area contributed by atoms with E-state index < -0.39 is 24.3 Å². The fraction of sp³-hybridized carbons (Fsp3) is 0.895. The highest BCUT2D eigenvalue weighted by Crippen LogP contribution is 2.32. The second kappa shape index (κ2) is 9.04. The third kappa shape index (κ3) is 6.13. The van der Waals surface area contributed by atoms with Gasteiger partial charge in [-0.2, -0.15) is 0 Å². The number of hydrogen-bond acceptors (Lipinski definition) is 5. The molecule has 0 radical (unpaired) electrons. The highest BCUT2D eigenvalue weighted by molar-refractivity contribution is 5.86. The monoisotopic (exact) mass is 370 g/mol. The number of likely N-dealkylation sites (tertiary alicyclic amines) is 2. The number of carbonyl (C=O) groups is 2. The van der Waals surface area contributed by atoms with Gasteiger partial charge in [-0.15, -0.1) is 0 Å². The van der Waals surface area contributed by atoms with Crippen molar-refractivity contribution in [3.8, 4) is 0 Å². The van der Waals surface area contributed by atoms with Crippen LogP contribution in [-0.2, 0) is 9.53 Å². The average molecular weight is 371 g/mol. The van der Waals surface area contributed by atoms with Gasteiger partial charge in [0.05, 0.1) is 6.61 Å². The first-order valence-electron chi connectivity index (χ1n) is 10.3. The van der Waals surface area contributed by atoms with Gasteiger partial charge in [0.1, 0.15) is 11.6 Å². The molecule has 7 heteroatoms. The van der Waals surface area contributed by atoms with Crippen molar-refractivity contribution in [1.82, 2.24) is 15.1 Å². The minimum atomic E-state index is -1.00. The molecule has 1 atom stereocenters. The van der Waals surface area contributed by atoms with Gasteiger partial charge in [0.25, 0.3) is 0 Å². The summed E-state index contributed by atoms with van der Waals surface area (Å²) in [5, 5.41) is 12.0. The van der Waals surface area contributed by atoms with Crippen LogP contribution in [-0.4, -0.2) is 78.4 Å². The number of ether oxygens (including phenoxy) is 1. The Bertz CT molecular complexity index is 501. The minimum Gasteiger partial charge on any atom is -0.444 e. The molecule has 2 rings (SSSR count). The number of nitrogens with one attached hydrogen (secondary N) is 1. The fourth-order valence-electron chi connectivity index (χ4n) is 3.92. The number of aliphatic hydroxyl groups excluding tert-OH is 1. The summed E-state index contributed by atoms with van der Waals surface area (Å²) < 4.78 is 12.5. The number of aliphatic hydroxyl groups is 1. The Kier molecular flexibility index (Phi) is 6.75. The van der Waals surface area contributed by atoms with Crippen LogP contribution in [0.1, 0.15) is 47.8 Å². The van der Waals surface area contributed by atoms with Crippen molar-refractivity contribution in [2.75, 3.05) is 39.8 Å². The van der Waals surface area contributed by atoms with Crippen molar-refractivity contribution in [1.29, 1.82) is 0 Å². The molecule has 0 saturated carbocycles. The van der Waals surface area contributed by atoms with Crippen LogP contribution in [0.25, 0.3) is 0 Å². The van der Waals surface area contributed by atoms with Gasteiger partial charge in [-0.25, -0.2) is 4.79 Å². The molecule has 0 aromatic rings. The molecule has 2 amide bonds. The summed E-state index contributed by atoms with van der Waals surface area (Å²) in [7, 11) is 2.16. The highest BCUT2D eigenvalue weighted by atomic mass is 16.6. The first-order valence-corrected chi connectivity index (χ1v) is 9.62. The lowest BCUT2D eigenvalue weighted by atomic mass is 9.79. The Labute approximate surface area is 158 Å². The lowest BCUT2D eigenvalue weighted by Crippen LogP contribution is -2.53. The third-order valence-electron chi connectivity index (χ3n) is 5.42. The largest absolute Gasteiger partial charge is 0.444 e. The maximum atomic E-state index is 12.7. The van der Waals surface area contributed by atoms with Crippen molar-refractivity contribution in [3.63, 3.8) is 0 Å². The molecule has 2 fully saturated rings. The molecule has 7 nitrogen and oxygen atoms in total. The molecule has 0 aromatic heterocycles. The second-order valence-corrected chi connectivity index (χ2v) is 8.33. The lowest BCUT2D eigenvalue weighted by Gasteiger charge is -2.40. The maximum absolute atomic E-state index is 12.7. The summed E-state index contributed by atoms with van der Waals surface area (Å²) >= 11 is 0. The summed E-state index contributed by atoms with van der Waals surface area (Å²) in [6, 6.07) is -1.00. The predicted octanol–water partition coefficient (Wildman–Crippen LogP) is 1.45. The zero-order chi connectivity index (χ0) is 20.0. The molecule has 0 bridgehead atoms. The average Bonchev–Trinajstić information content (AvgIpc) is 2.66. The third-order valence-corrected chi connectivity index (χ3v) is 5.42. The lowest BCUT2D eigenvalue weighted by molar-refractivity contribution is -0.136. The van der Waals surface area contributed by atoms with Crippen molar-refractivity contribution in [2.24, 2.45) is 11.8 Å². The van der Waals surface area contributed by atoms with Crippen LogP contribution in [0.2, 0.25) is 0 Å². The van der Waals surface area contributed by atoms with Crippen LogP contribution in [0.5, 0.6) is 0 Å². The first-order chi connectivity index (χ1) is 12.8. The SMILES string of the molecule is [2H]CC(C)(C)OC(=O)N[C@@H](CO)C(=O)N1CCC(C2CCN(C)CC2)CC1. The van der Waals surface area contributed by atoms with E-state index in [1.54, 1.807) is 18.7 Å². The van der Waals surface area contributed by atoms with E-state index in [0.717, 1.165) is 31.8 Å². The molecule has 0 aromatic carbocycles. The zero-order valence-corrected chi connectivity index (χ0v) is 16.4. The van der Waals surface area contributed by atoms with Gasteiger partial charge in [0.15, 0.2) is 0 Å². The Hall–Kier alpha value is -1.34. The minimum absolute atomic E-state index is 0.0807. The summed E-state index contributed by atoms with van der Waals surface area (Å²) in [4.78, 5) is 28.7. The Morgan fingerprint density at radius 2 is 1.73 bits per heavy atom. The number of hydrogen-bond donors (Lipinski definition) is 2. The predicted molar refractivity (Wildman–Crippen MR) is 99.8 cm³/mol. The van der Waals surface area contributed by atoms with Gasteiger partial charge < -0.3 is 25.0 Å². The summed E-state index contributed by atoms with van der Waals surface area (Å²) in [6.45, 7) is 6.34. The van der Waals surface area contributed by atoms with Crippen molar-refractivity contribution >= 4 is 12.0 Å². The maximum Gasteiger partial charge on any atom is 0.408 e. The van der Waals surface area contributed by atoms with E-state index in [4.69, 9.17) is 6.11 Å². The fourth-order valence-corrected chi connectivity index (χ4v) is 3.92. The molecule has 2 aliphatic rings. The van der Waals surface area contributed by atoms with E-state index >= 15 is 0 Å². The first kappa shape index (κ1) is 19.4. The van der Waals surface area contributed by atoms with Gasteiger partial charge in [-0.3, -0.25) is 4.79 Å². The number of carbonyl (C=O) groups excluding carboxylic acids is 2. The Morgan fingerprint density at radius 1 is 1.19 bits per heavy atom. The molecular formula is C19H35N3O4. The number of nitrogens with zero attached hydrogens (tertiary/aromatic N) is 2. The van der Waals surface area contributed by atoms with E-state index in [2.05, 4.69) is 17.3 Å². The zero-order valence-electron chi connectivity index (χ0n) is 17.4. The van der Waals surface area contributed by atoms with Gasteiger partial charge >= 0.3 is 6.09 Å². The molecule has 26 heavy (non-hydrogen) atoms. The normalized spacial score (nSPS) is 22.6. The van der Waals surface area contributed by atoms with Crippen LogP contribution in [0, 0.1) is 11.8 Å². The smallest absolute Gasteiger partial charge is 0.408 e. The molecule has 0 unspecified atom stereocenters. The molecule has 0 spiro atoms. The quantitative estimate of drug-likeness (QED) is 0.783. The number of piperidine rings is 2. The van der Waals surface area contributed by atoms with Gasteiger partial charge in [-0.1, -0.05) is 0 Å². The second-order valence-electron chi connectivity index (χ2n) is 8.33. The highest BCUT2D eigenvalue weighted by Gasteiger charge is 2.33. The number of rotatable bonds is 4. The number of alkyl carbamates (subject to hydrolysis) is 1. The van der Waals surface area contributed by atoms with Crippen LogP contribution < -0.4 is 5.32 Å². The van der Waals surface area contributed by atoms with E-state index in [1.807, 2.05) is 0 Å². The Morgan fingerprint density at radius 3 is 2.23 bits per heavy atom. The van der Waals surface area contributed by atoms with Gasteiger partial charge in [0.2, 0.25) is 5.91 Å². The molecular weight excluding hydrogens is 334 g/mol. The topological polar surface area (TPSA) is 82.1 Å². The standard InChI is InChI=1S/C19H35N3O4/c1-19(2,3)26-18(25)20-16(13-23)17(24)22-11-7-15(8-12-22)14-5-9-21(4)10-6-14/h14-16,23H,5-13H2,1-4H3,(H,20,25)/t16-/m0/s1/i1D. The van der Waals surface area contributed by atoms with Crippen LogP contribution in [0.3, 0.4) is 0 Å². The molecule has 2 heterocycles. The van der Waals surface area contributed by atoms with Crippen molar-refractivity contribution in [2.45, 2.75) is 58.1 Å².